The van der Waals surface area contributed by atoms with E-state index in [2.05, 4.69) is 19.9 Å². The quantitative estimate of drug-likeness (QED) is 0.361. The third-order valence-corrected chi connectivity index (χ3v) is 4.86. The molecule has 0 bridgehead atoms. The van der Waals surface area contributed by atoms with Crippen LogP contribution in [0.3, 0.4) is 0 Å². The average molecular weight is 475 g/mol. The van der Waals surface area contributed by atoms with Gasteiger partial charge in [0.05, 0.1) is 11.1 Å². The first-order valence-corrected chi connectivity index (χ1v) is 9.80. The number of nitrogens with one attached hydrogen (secondary N) is 2. The number of alkyl halides is 6. The van der Waals surface area contributed by atoms with Gasteiger partial charge >= 0.3 is 12.4 Å². The second kappa shape index (κ2) is 9.26. The van der Waals surface area contributed by atoms with Gasteiger partial charge in [0.15, 0.2) is 5.11 Å². The van der Waals surface area contributed by atoms with Gasteiger partial charge in [-0.1, -0.05) is 20.8 Å². The number of thiocarbonyl (C=S) groups is 1. The molecule has 0 fully saturated rings. The van der Waals surface area contributed by atoms with Crippen molar-refractivity contribution < 1.29 is 31.1 Å². The van der Waals surface area contributed by atoms with Gasteiger partial charge in [0.25, 0.3) is 0 Å². The molecule has 0 heterocycles. The van der Waals surface area contributed by atoms with E-state index in [1.807, 2.05) is 0 Å². The highest BCUT2D eigenvalue weighted by molar-refractivity contribution is 7.80. The van der Waals surface area contributed by atoms with Gasteiger partial charge in [-0.05, 0) is 42.8 Å². The summed E-state index contributed by atoms with van der Waals surface area (Å²) in [7, 11) is 4.02. The van der Waals surface area contributed by atoms with E-state index < -0.39 is 40.6 Å². The number of carbonyl (C=O) groups excluding carboxylic acids is 1. The molecule has 0 aliphatic carbocycles. The molecule has 0 radical (unpaired) electrons. The molecule has 2 N–H and O–H groups in total. The maximum atomic E-state index is 13.0. The smallest absolute Gasteiger partial charge is 0.350 e. The van der Waals surface area contributed by atoms with E-state index in [0.717, 1.165) is 0 Å². The Hall–Kier alpha value is -1.61. The molecular weight excluding hydrogens is 451 g/mol. The molecule has 4 nitrogen and oxygen atoms in total. The zero-order valence-corrected chi connectivity index (χ0v) is 19.0. The highest BCUT2D eigenvalue weighted by Crippen LogP contribution is 2.37. The van der Waals surface area contributed by atoms with Crippen LogP contribution in [0.1, 0.15) is 38.8 Å². The summed E-state index contributed by atoms with van der Waals surface area (Å²) in [5.74, 6) is -0.544. The van der Waals surface area contributed by atoms with Gasteiger partial charge in [-0.15, -0.1) is 9.24 Å². The van der Waals surface area contributed by atoms with Gasteiger partial charge in [-0.2, -0.15) is 26.3 Å². The number of halogens is 6. The van der Waals surface area contributed by atoms with Crippen LogP contribution in [0.2, 0.25) is 0 Å². The summed E-state index contributed by atoms with van der Waals surface area (Å²) in [6, 6.07) is 0.193. The van der Waals surface area contributed by atoms with Crippen molar-refractivity contribution >= 4 is 38.2 Å². The minimum absolute atomic E-state index is 0.0262. The number of benzene rings is 1. The van der Waals surface area contributed by atoms with Crippen molar-refractivity contribution in [3.63, 3.8) is 0 Å². The second-order valence-electron chi connectivity index (χ2n) is 7.88. The molecule has 2 unspecified atom stereocenters. The van der Waals surface area contributed by atoms with Crippen LogP contribution >= 0.6 is 21.5 Å². The molecule has 1 aromatic rings. The Bertz CT molecular complexity index is 757. The first kappa shape index (κ1) is 26.4. The van der Waals surface area contributed by atoms with Crippen LogP contribution in [0.25, 0.3) is 0 Å². The van der Waals surface area contributed by atoms with Crippen LogP contribution in [0, 0.1) is 5.41 Å². The van der Waals surface area contributed by atoms with Crippen LogP contribution in [0.15, 0.2) is 18.2 Å². The molecule has 0 spiro atoms. The van der Waals surface area contributed by atoms with Gasteiger partial charge < -0.3 is 15.5 Å². The molecule has 0 saturated heterocycles. The molecule has 170 valence electrons. The van der Waals surface area contributed by atoms with Crippen molar-refractivity contribution in [3.8, 4) is 0 Å². The van der Waals surface area contributed by atoms with E-state index in [-0.39, 0.29) is 22.9 Å². The molecule has 1 aromatic carbocycles. The first-order valence-electron chi connectivity index (χ1n) is 8.73. The highest BCUT2D eigenvalue weighted by Gasteiger charge is 2.38. The lowest BCUT2D eigenvalue weighted by atomic mass is 9.86. The number of hydrogen-bond donors (Lipinski definition) is 2. The van der Waals surface area contributed by atoms with Crippen LogP contribution in [-0.4, -0.2) is 34.8 Å². The Morgan fingerprint density at radius 2 is 1.47 bits per heavy atom. The van der Waals surface area contributed by atoms with E-state index in [4.69, 9.17) is 12.2 Å². The predicted octanol–water partition coefficient (Wildman–Crippen LogP) is 5.10. The van der Waals surface area contributed by atoms with Crippen LogP contribution in [0.4, 0.5) is 32.0 Å². The largest absolute Gasteiger partial charge is 0.416 e. The third-order valence-electron chi connectivity index (χ3n) is 4.19. The number of likely N-dealkylation sites (N-methyl/N-ethyl adjacent to an activating group) is 1. The van der Waals surface area contributed by atoms with Crippen LogP contribution in [-0.2, 0) is 17.1 Å². The van der Waals surface area contributed by atoms with Crippen molar-refractivity contribution in [1.29, 1.82) is 0 Å². The fourth-order valence-corrected chi connectivity index (χ4v) is 2.76. The molecule has 0 aliphatic rings. The average Bonchev–Trinajstić information content (AvgIpc) is 2.55. The molecule has 0 aromatic heterocycles. The fourth-order valence-electron chi connectivity index (χ4n) is 2.38. The number of amides is 1. The van der Waals surface area contributed by atoms with Gasteiger partial charge in [0.2, 0.25) is 5.91 Å². The lowest BCUT2D eigenvalue weighted by Crippen LogP contribution is -2.55. The van der Waals surface area contributed by atoms with E-state index in [1.54, 1.807) is 34.7 Å². The summed E-state index contributed by atoms with van der Waals surface area (Å²) in [6.07, 6.45) is -9.96. The lowest BCUT2D eigenvalue weighted by molar-refractivity contribution is -0.143. The minimum Gasteiger partial charge on any atom is -0.350 e. The summed E-state index contributed by atoms with van der Waals surface area (Å²) in [5, 5.41) is 4.77. The van der Waals surface area contributed by atoms with Crippen molar-refractivity contribution in [2.75, 3.05) is 12.4 Å². The summed E-state index contributed by atoms with van der Waals surface area (Å²) < 4.78 is 78.1. The van der Waals surface area contributed by atoms with Gasteiger partial charge in [-0.25, -0.2) is 0 Å². The van der Waals surface area contributed by atoms with Gasteiger partial charge in [-0.3, -0.25) is 4.79 Å². The van der Waals surface area contributed by atoms with Crippen molar-refractivity contribution in [2.45, 2.75) is 51.9 Å². The molecule has 30 heavy (non-hydrogen) atoms. The molecule has 0 aliphatic heterocycles. The summed E-state index contributed by atoms with van der Waals surface area (Å²) >= 11 is 5.07. The topological polar surface area (TPSA) is 44.4 Å². The van der Waals surface area contributed by atoms with Crippen molar-refractivity contribution in [3.05, 3.63) is 29.3 Å². The summed E-state index contributed by atoms with van der Waals surface area (Å²) in [6.45, 7) is 7.01. The van der Waals surface area contributed by atoms with Crippen molar-refractivity contribution in [2.24, 2.45) is 5.41 Å². The Balaban J connectivity index is 3.20. The molecule has 1 rings (SSSR count). The van der Waals surface area contributed by atoms with E-state index >= 15 is 0 Å². The van der Waals surface area contributed by atoms with E-state index in [0.29, 0.717) is 12.1 Å². The SMILES string of the molecule is CC(P)N(C)C(=O)[C@@H](NC(=S)Nc1cc(C(F)(F)F)cc(C(F)(F)F)c1)C(C)(C)C. The number of anilines is 1. The van der Waals surface area contributed by atoms with Crippen LogP contribution < -0.4 is 10.6 Å². The maximum absolute atomic E-state index is 13.0. The zero-order valence-electron chi connectivity index (χ0n) is 17.0. The predicted molar refractivity (Wildman–Crippen MR) is 111 cm³/mol. The summed E-state index contributed by atoms with van der Waals surface area (Å²) in [5.41, 5.74) is -4.09. The Kier molecular flexibility index (Phi) is 8.16. The molecule has 3 atom stereocenters. The Morgan fingerprint density at radius 1 is 1.03 bits per heavy atom. The number of hydrogen-bond acceptors (Lipinski definition) is 2. The third kappa shape index (κ3) is 7.27. The van der Waals surface area contributed by atoms with Gasteiger partial charge in [0, 0.05) is 18.5 Å². The maximum Gasteiger partial charge on any atom is 0.416 e. The first-order chi connectivity index (χ1) is 13.3. The number of nitrogens with zero attached hydrogens (tertiary/aromatic N) is 1. The Morgan fingerprint density at radius 3 is 1.80 bits per heavy atom. The summed E-state index contributed by atoms with van der Waals surface area (Å²) in [4.78, 5) is 14.2. The molecule has 1 amide bonds. The second-order valence-corrected chi connectivity index (χ2v) is 9.25. The van der Waals surface area contributed by atoms with Crippen molar-refractivity contribution in [1.82, 2.24) is 10.2 Å². The van der Waals surface area contributed by atoms with Gasteiger partial charge in [0.1, 0.15) is 6.04 Å². The fraction of sp³-hybridized carbons (Fsp3) is 0.556. The normalized spacial score (nSPS) is 14.7. The molecular formula is C18H24F6N3OPS. The molecule has 12 heteroatoms. The highest BCUT2D eigenvalue weighted by atomic mass is 32.1. The van der Waals surface area contributed by atoms with Crippen LogP contribution in [0.5, 0.6) is 0 Å². The van der Waals surface area contributed by atoms with E-state index in [9.17, 15) is 31.1 Å². The number of carbonyl (C=O) groups is 1. The minimum atomic E-state index is -4.98. The molecule has 0 saturated carbocycles. The zero-order chi connectivity index (χ0) is 23.7. The van der Waals surface area contributed by atoms with E-state index in [1.165, 1.54) is 4.90 Å². The standard InChI is InChI=1S/C18H24F6N3OPS/c1-9(29)27(5)14(28)13(16(2,3)4)26-15(30)25-12-7-10(17(19,20)21)6-11(8-12)18(22,23)24/h6-9,13H,29H2,1-5H3,(H2,25,26,30)/t9?,13-/m1/s1. The monoisotopic (exact) mass is 475 g/mol. The number of rotatable bonds is 4. The Labute approximate surface area is 179 Å². The lowest BCUT2D eigenvalue weighted by Gasteiger charge is -2.35.